The first-order valence-electron chi connectivity index (χ1n) is 9.42. The average Bonchev–Trinajstić information content (AvgIpc) is 3.05. The number of hydrogen-bond donors (Lipinski definition) is 0. The van der Waals surface area contributed by atoms with E-state index in [4.69, 9.17) is 4.74 Å². The van der Waals surface area contributed by atoms with E-state index in [-0.39, 0.29) is 5.78 Å². The summed E-state index contributed by atoms with van der Waals surface area (Å²) in [5.74, 6) is 0.765. The van der Waals surface area contributed by atoms with Crippen LogP contribution in [-0.4, -0.2) is 15.3 Å². The summed E-state index contributed by atoms with van der Waals surface area (Å²) in [4.78, 5) is 17.7. The minimum absolute atomic E-state index is 0.0186. The van der Waals surface area contributed by atoms with Gasteiger partial charge in [0.15, 0.2) is 5.78 Å². The molecule has 2 aromatic carbocycles. The minimum Gasteiger partial charge on any atom is -0.489 e. The van der Waals surface area contributed by atoms with Crippen molar-refractivity contribution in [1.29, 1.82) is 0 Å². The molecule has 0 saturated carbocycles. The van der Waals surface area contributed by atoms with E-state index in [2.05, 4.69) is 11.9 Å². The summed E-state index contributed by atoms with van der Waals surface area (Å²) in [5, 5.41) is 0.899. The molecule has 140 valence electrons. The number of ketones is 1. The summed E-state index contributed by atoms with van der Waals surface area (Å²) in [6, 6.07) is 21.2. The number of hydrogen-bond acceptors (Lipinski definition) is 3. The van der Waals surface area contributed by atoms with Crippen LogP contribution in [0, 0.1) is 0 Å². The van der Waals surface area contributed by atoms with Gasteiger partial charge in [0.25, 0.3) is 0 Å². The molecule has 0 radical (unpaired) electrons. The standard InChI is InChI=1S/C24H22N2O2/c1-3-21-22(20-10-7-15-25-24(20)26(21)2)23(27)18-11-13-19(14-12-18)28-16-17-8-5-4-6-9-17/h4-15H,3,16H2,1-2H3. The summed E-state index contributed by atoms with van der Waals surface area (Å²) in [5.41, 5.74) is 4.34. The van der Waals surface area contributed by atoms with Crippen LogP contribution in [0.2, 0.25) is 0 Å². The van der Waals surface area contributed by atoms with Crippen molar-refractivity contribution in [1.82, 2.24) is 9.55 Å². The van der Waals surface area contributed by atoms with Crippen LogP contribution in [0.3, 0.4) is 0 Å². The lowest BCUT2D eigenvalue weighted by Gasteiger charge is -2.08. The number of carbonyl (C=O) groups excluding carboxylic acids is 1. The zero-order valence-corrected chi connectivity index (χ0v) is 16.1. The molecule has 0 spiro atoms. The van der Waals surface area contributed by atoms with Gasteiger partial charge in [-0.1, -0.05) is 37.3 Å². The minimum atomic E-state index is 0.0186. The third kappa shape index (κ3) is 3.29. The highest BCUT2D eigenvalue weighted by Crippen LogP contribution is 2.27. The molecule has 4 aromatic rings. The molecular weight excluding hydrogens is 348 g/mol. The highest BCUT2D eigenvalue weighted by atomic mass is 16.5. The largest absolute Gasteiger partial charge is 0.489 e. The number of pyridine rings is 1. The van der Waals surface area contributed by atoms with E-state index in [9.17, 15) is 4.79 Å². The van der Waals surface area contributed by atoms with E-state index in [1.165, 1.54) is 0 Å². The molecule has 2 aromatic heterocycles. The first-order valence-corrected chi connectivity index (χ1v) is 9.42. The fraction of sp³-hybridized carbons (Fsp3) is 0.167. The second-order valence-corrected chi connectivity index (χ2v) is 6.74. The number of aromatic nitrogens is 2. The Bertz CT molecular complexity index is 1110. The highest BCUT2D eigenvalue weighted by molar-refractivity contribution is 6.17. The van der Waals surface area contributed by atoms with Gasteiger partial charge in [-0.25, -0.2) is 4.98 Å². The molecule has 0 amide bonds. The van der Waals surface area contributed by atoms with Gasteiger partial charge in [0, 0.05) is 29.9 Å². The number of carbonyl (C=O) groups is 1. The molecule has 4 heteroatoms. The molecule has 0 aliphatic rings. The molecule has 0 fully saturated rings. The van der Waals surface area contributed by atoms with Gasteiger partial charge in [0.05, 0.1) is 5.56 Å². The predicted octanol–water partition coefficient (Wildman–Crippen LogP) is 4.95. The maximum absolute atomic E-state index is 13.3. The number of fused-ring (bicyclic) bond motifs is 1. The van der Waals surface area contributed by atoms with Gasteiger partial charge in [-0.15, -0.1) is 0 Å². The van der Waals surface area contributed by atoms with Crippen molar-refractivity contribution in [2.45, 2.75) is 20.0 Å². The SMILES string of the molecule is CCc1c(C(=O)c2ccc(OCc3ccccc3)cc2)c2cccnc2n1C. The van der Waals surface area contributed by atoms with Gasteiger partial charge in [-0.3, -0.25) is 4.79 Å². The van der Waals surface area contributed by atoms with Crippen molar-refractivity contribution < 1.29 is 9.53 Å². The van der Waals surface area contributed by atoms with E-state index in [0.717, 1.165) is 40.0 Å². The van der Waals surface area contributed by atoms with E-state index < -0.39 is 0 Å². The fourth-order valence-corrected chi connectivity index (χ4v) is 3.57. The Hall–Kier alpha value is -3.40. The monoisotopic (exact) mass is 370 g/mol. The zero-order chi connectivity index (χ0) is 19.5. The Morgan fingerprint density at radius 2 is 1.75 bits per heavy atom. The van der Waals surface area contributed by atoms with Crippen molar-refractivity contribution in [3.05, 3.63) is 95.3 Å². The first-order chi connectivity index (χ1) is 13.7. The van der Waals surface area contributed by atoms with E-state index in [1.807, 2.05) is 78.3 Å². The summed E-state index contributed by atoms with van der Waals surface area (Å²) >= 11 is 0. The summed E-state index contributed by atoms with van der Waals surface area (Å²) in [6.07, 6.45) is 2.53. The molecule has 0 aliphatic heterocycles. The Balaban J connectivity index is 1.60. The Morgan fingerprint density at radius 1 is 1.00 bits per heavy atom. The van der Waals surface area contributed by atoms with Gasteiger partial charge < -0.3 is 9.30 Å². The maximum Gasteiger partial charge on any atom is 0.195 e. The van der Waals surface area contributed by atoms with E-state index >= 15 is 0 Å². The van der Waals surface area contributed by atoms with E-state index in [1.54, 1.807) is 6.20 Å². The van der Waals surface area contributed by atoms with Crippen molar-refractivity contribution >= 4 is 16.8 Å². The quantitative estimate of drug-likeness (QED) is 0.451. The van der Waals surface area contributed by atoms with Crippen LogP contribution in [0.15, 0.2) is 72.9 Å². The molecule has 4 rings (SSSR count). The van der Waals surface area contributed by atoms with Crippen molar-refractivity contribution in [2.75, 3.05) is 0 Å². The molecule has 0 aliphatic carbocycles. The van der Waals surface area contributed by atoms with Crippen molar-refractivity contribution in [3.63, 3.8) is 0 Å². The second kappa shape index (κ2) is 7.69. The molecule has 0 N–H and O–H groups in total. The molecule has 28 heavy (non-hydrogen) atoms. The Morgan fingerprint density at radius 3 is 2.46 bits per heavy atom. The van der Waals surface area contributed by atoms with Gasteiger partial charge in [0.1, 0.15) is 18.0 Å². The lowest BCUT2D eigenvalue weighted by atomic mass is 10.00. The average molecular weight is 370 g/mol. The second-order valence-electron chi connectivity index (χ2n) is 6.74. The molecular formula is C24H22N2O2. The third-order valence-corrected chi connectivity index (χ3v) is 4.99. The number of rotatable bonds is 6. The van der Waals surface area contributed by atoms with Crippen LogP contribution in [-0.2, 0) is 20.1 Å². The molecule has 0 saturated heterocycles. The topological polar surface area (TPSA) is 44.1 Å². The van der Waals surface area contributed by atoms with Crippen molar-refractivity contribution in [2.24, 2.45) is 7.05 Å². The van der Waals surface area contributed by atoms with Gasteiger partial charge in [-0.2, -0.15) is 0 Å². The fourth-order valence-electron chi connectivity index (χ4n) is 3.57. The molecule has 0 unspecified atom stereocenters. The summed E-state index contributed by atoms with van der Waals surface area (Å²) in [7, 11) is 1.96. The lowest BCUT2D eigenvalue weighted by Crippen LogP contribution is -2.06. The summed E-state index contributed by atoms with van der Waals surface area (Å²) in [6.45, 7) is 2.56. The van der Waals surface area contributed by atoms with Gasteiger partial charge in [-0.05, 0) is 48.4 Å². The zero-order valence-electron chi connectivity index (χ0n) is 16.1. The van der Waals surface area contributed by atoms with Crippen LogP contribution in [0.4, 0.5) is 0 Å². The maximum atomic E-state index is 13.3. The molecule has 0 atom stereocenters. The van der Waals surface area contributed by atoms with Crippen LogP contribution in [0.5, 0.6) is 5.75 Å². The molecule has 2 heterocycles. The Kier molecular flexibility index (Phi) is 4.94. The first kappa shape index (κ1) is 18.0. The summed E-state index contributed by atoms with van der Waals surface area (Å²) < 4.78 is 7.84. The molecule has 4 nitrogen and oxygen atoms in total. The van der Waals surface area contributed by atoms with Gasteiger partial charge in [0.2, 0.25) is 0 Å². The van der Waals surface area contributed by atoms with Crippen LogP contribution in [0.25, 0.3) is 11.0 Å². The Labute approximate surface area is 164 Å². The van der Waals surface area contributed by atoms with Crippen molar-refractivity contribution in [3.8, 4) is 5.75 Å². The number of ether oxygens (including phenoxy) is 1. The van der Waals surface area contributed by atoms with Gasteiger partial charge >= 0.3 is 0 Å². The lowest BCUT2D eigenvalue weighted by molar-refractivity contribution is 0.103. The highest BCUT2D eigenvalue weighted by Gasteiger charge is 2.21. The number of nitrogens with zero attached hydrogens (tertiary/aromatic N) is 2. The smallest absolute Gasteiger partial charge is 0.195 e. The molecule has 0 bridgehead atoms. The number of benzene rings is 2. The van der Waals surface area contributed by atoms with Crippen LogP contribution >= 0.6 is 0 Å². The predicted molar refractivity (Wildman–Crippen MR) is 111 cm³/mol. The number of aryl methyl sites for hydroxylation is 1. The third-order valence-electron chi connectivity index (χ3n) is 4.99. The normalized spacial score (nSPS) is 10.9. The van der Waals surface area contributed by atoms with Crippen LogP contribution in [0.1, 0.15) is 34.1 Å². The van der Waals surface area contributed by atoms with E-state index in [0.29, 0.717) is 12.2 Å². The van der Waals surface area contributed by atoms with Crippen LogP contribution < -0.4 is 4.74 Å².